The highest BCUT2D eigenvalue weighted by Crippen LogP contribution is 2.25. The summed E-state index contributed by atoms with van der Waals surface area (Å²) in [5.41, 5.74) is 1.84. The zero-order valence-corrected chi connectivity index (χ0v) is 14.5. The molecule has 3 rings (SSSR count). The molecule has 0 unspecified atom stereocenters. The van der Waals surface area contributed by atoms with Gasteiger partial charge in [0.25, 0.3) is 0 Å². The molecule has 0 bridgehead atoms. The summed E-state index contributed by atoms with van der Waals surface area (Å²) in [5, 5.41) is 7.17. The number of likely N-dealkylation sites (tertiary alicyclic amines) is 1. The second-order valence-electron chi connectivity index (χ2n) is 6.40. The first-order valence-corrected chi connectivity index (χ1v) is 8.55. The van der Waals surface area contributed by atoms with E-state index in [0.717, 1.165) is 49.4 Å². The Morgan fingerprint density at radius 2 is 2.33 bits per heavy atom. The van der Waals surface area contributed by atoms with Crippen LogP contribution in [0.15, 0.2) is 23.2 Å². The Morgan fingerprint density at radius 3 is 2.96 bits per heavy atom. The first kappa shape index (κ1) is 16.5. The average Bonchev–Trinajstić information content (AvgIpc) is 3.29. The summed E-state index contributed by atoms with van der Waals surface area (Å²) in [4.78, 5) is 18.8. The molecule has 3 heterocycles. The fourth-order valence-electron chi connectivity index (χ4n) is 3.53. The van der Waals surface area contributed by atoms with Crippen molar-refractivity contribution in [3.8, 4) is 0 Å². The monoisotopic (exact) mass is 331 g/mol. The Hall–Kier alpha value is -2.31. The van der Waals surface area contributed by atoms with Gasteiger partial charge in [0.2, 0.25) is 0 Å². The Balaban J connectivity index is 1.68. The highest BCUT2D eigenvalue weighted by Gasteiger charge is 2.31. The number of urea groups is 1. The molecule has 1 saturated heterocycles. The summed E-state index contributed by atoms with van der Waals surface area (Å²) in [5.74, 6) is 0.774. The maximum atomic E-state index is 12.8. The number of carbonyl (C=O) groups is 1. The van der Waals surface area contributed by atoms with E-state index in [0.29, 0.717) is 0 Å². The fraction of sp³-hybridized carbons (Fsp3) is 0.588. The summed E-state index contributed by atoms with van der Waals surface area (Å²) in [6.07, 6.45) is 8.36. The van der Waals surface area contributed by atoms with Gasteiger partial charge in [0.15, 0.2) is 0 Å². The van der Waals surface area contributed by atoms with Gasteiger partial charge in [0, 0.05) is 31.0 Å². The second-order valence-corrected chi connectivity index (χ2v) is 6.40. The maximum absolute atomic E-state index is 12.8. The van der Waals surface area contributed by atoms with Gasteiger partial charge < -0.3 is 19.3 Å². The molecular formula is C17H25N5O2. The maximum Gasteiger partial charge on any atom is 0.318 e. The van der Waals surface area contributed by atoms with E-state index in [2.05, 4.69) is 22.4 Å². The van der Waals surface area contributed by atoms with E-state index >= 15 is 0 Å². The summed E-state index contributed by atoms with van der Waals surface area (Å²) in [6.45, 7) is 7.45. The molecule has 2 aromatic heterocycles. The van der Waals surface area contributed by atoms with Gasteiger partial charge in [0.1, 0.15) is 5.76 Å². The van der Waals surface area contributed by atoms with E-state index in [1.165, 1.54) is 0 Å². The molecule has 2 atom stereocenters. The van der Waals surface area contributed by atoms with Crippen LogP contribution in [-0.2, 0) is 6.54 Å². The molecule has 2 amide bonds. The smallest absolute Gasteiger partial charge is 0.318 e. The molecule has 1 fully saturated rings. The van der Waals surface area contributed by atoms with Gasteiger partial charge in [-0.25, -0.2) is 9.78 Å². The molecule has 1 aliphatic rings. The Bertz CT molecular complexity index is 660. The molecule has 1 aliphatic heterocycles. The third-order valence-corrected chi connectivity index (χ3v) is 4.76. The summed E-state index contributed by atoms with van der Waals surface area (Å²) in [7, 11) is 0. The van der Waals surface area contributed by atoms with Crippen LogP contribution in [0.3, 0.4) is 0 Å². The van der Waals surface area contributed by atoms with Crippen molar-refractivity contribution in [2.45, 2.75) is 58.7 Å². The normalized spacial score (nSPS) is 18.8. The SMILES string of the molecule is CC[C@@H](NC(=O)N1CCC[C@H]1Cn1ccnc1)c1c(C)noc1C. The van der Waals surface area contributed by atoms with Crippen LogP contribution in [0, 0.1) is 13.8 Å². The van der Waals surface area contributed by atoms with E-state index in [1.807, 2.05) is 29.5 Å². The third-order valence-electron chi connectivity index (χ3n) is 4.76. The van der Waals surface area contributed by atoms with Crippen LogP contribution in [0.1, 0.15) is 49.2 Å². The zero-order chi connectivity index (χ0) is 17.1. The molecule has 0 spiro atoms. The first-order chi connectivity index (χ1) is 11.6. The molecule has 1 N–H and O–H groups in total. The molecule has 7 nitrogen and oxygen atoms in total. The van der Waals surface area contributed by atoms with Gasteiger partial charge in [-0.1, -0.05) is 12.1 Å². The van der Waals surface area contributed by atoms with Crippen molar-refractivity contribution in [2.75, 3.05) is 6.54 Å². The van der Waals surface area contributed by atoms with Gasteiger partial charge in [-0.05, 0) is 33.1 Å². The van der Waals surface area contributed by atoms with Gasteiger partial charge in [0.05, 0.1) is 24.1 Å². The van der Waals surface area contributed by atoms with Crippen molar-refractivity contribution < 1.29 is 9.32 Å². The van der Waals surface area contributed by atoms with Crippen molar-refractivity contribution >= 4 is 6.03 Å². The molecule has 0 aromatic carbocycles. The minimum Gasteiger partial charge on any atom is -0.361 e. The van der Waals surface area contributed by atoms with E-state index in [9.17, 15) is 4.79 Å². The molecule has 0 aliphatic carbocycles. The lowest BCUT2D eigenvalue weighted by Gasteiger charge is -2.28. The lowest BCUT2D eigenvalue weighted by molar-refractivity contribution is 0.183. The number of imidazole rings is 1. The van der Waals surface area contributed by atoms with Crippen LogP contribution in [0.4, 0.5) is 4.79 Å². The standard InChI is InChI=1S/C17H25N5O2/c1-4-15(16-12(2)20-24-13(16)3)19-17(23)22-8-5-6-14(22)10-21-9-7-18-11-21/h7,9,11,14-15H,4-6,8,10H2,1-3H3,(H,19,23)/t14-,15+/m0/s1. The van der Waals surface area contributed by atoms with E-state index in [1.54, 1.807) is 12.5 Å². The quantitative estimate of drug-likeness (QED) is 0.914. The summed E-state index contributed by atoms with van der Waals surface area (Å²) >= 11 is 0. The second kappa shape index (κ2) is 7.07. The van der Waals surface area contributed by atoms with Gasteiger partial charge >= 0.3 is 6.03 Å². The first-order valence-electron chi connectivity index (χ1n) is 8.55. The topological polar surface area (TPSA) is 76.2 Å². The van der Waals surface area contributed by atoms with Crippen LogP contribution in [0.2, 0.25) is 0 Å². The predicted octanol–water partition coefficient (Wildman–Crippen LogP) is 2.81. The summed E-state index contributed by atoms with van der Waals surface area (Å²) < 4.78 is 7.28. The number of aromatic nitrogens is 3. The highest BCUT2D eigenvalue weighted by atomic mass is 16.5. The van der Waals surface area contributed by atoms with Crippen molar-refractivity contribution in [3.63, 3.8) is 0 Å². The van der Waals surface area contributed by atoms with Crippen LogP contribution < -0.4 is 5.32 Å². The number of amides is 2. The average molecular weight is 331 g/mol. The van der Waals surface area contributed by atoms with E-state index in [4.69, 9.17) is 4.52 Å². The van der Waals surface area contributed by atoms with Crippen molar-refractivity contribution in [2.24, 2.45) is 0 Å². The van der Waals surface area contributed by atoms with Gasteiger partial charge in [-0.2, -0.15) is 0 Å². The lowest BCUT2D eigenvalue weighted by Crippen LogP contribution is -2.45. The molecule has 130 valence electrons. The number of nitrogens with one attached hydrogen (secondary N) is 1. The van der Waals surface area contributed by atoms with Gasteiger partial charge in [-0.3, -0.25) is 0 Å². The zero-order valence-electron chi connectivity index (χ0n) is 14.5. The van der Waals surface area contributed by atoms with Crippen molar-refractivity contribution in [1.82, 2.24) is 24.9 Å². The van der Waals surface area contributed by atoms with Crippen LogP contribution in [0.25, 0.3) is 0 Å². The molecule has 24 heavy (non-hydrogen) atoms. The molecule has 7 heteroatoms. The van der Waals surface area contributed by atoms with Crippen molar-refractivity contribution in [1.29, 1.82) is 0 Å². The molecule has 2 aromatic rings. The minimum atomic E-state index is -0.0711. The highest BCUT2D eigenvalue weighted by molar-refractivity contribution is 5.75. The Morgan fingerprint density at radius 1 is 1.50 bits per heavy atom. The largest absolute Gasteiger partial charge is 0.361 e. The predicted molar refractivity (Wildman–Crippen MR) is 89.5 cm³/mol. The fourth-order valence-corrected chi connectivity index (χ4v) is 3.53. The van der Waals surface area contributed by atoms with Crippen LogP contribution in [0.5, 0.6) is 0 Å². The molecular weight excluding hydrogens is 306 g/mol. The number of nitrogens with zero attached hydrogens (tertiary/aromatic N) is 4. The molecule has 0 radical (unpaired) electrons. The van der Waals surface area contributed by atoms with Crippen molar-refractivity contribution in [3.05, 3.63) is 35.7 Å². The molecule has 0 saturated carbocycles. The number of aryl methyl sites for hydroxylation is 2. The lowest BCUT2D eigenvalue weighted by atomic mass is 10.0. The number of rotatable bonds is 5. The number of hydrogen-bond donors (Lipinski definition) is 1. The third kappa shape index (κ3) is 3.29. The Kier molecular flexibility index (Phi) is 4.87. The Labute approximate surface area is 142 Å². The van der Waals surface area contributed by atoms with E-state index < -0.39 is 0 Å². The van der Waals surface area contributed by atoms with Crippen LogP contribution in [-0.4, -0.2) is 38.2 Å². The minimum absolute atomic E-state index is 0.00975. The van der Waals surface area contributed by atoms with E-state index in [-0.39, 0.29) is 18.1 Å². The summed E-state index contributed by atoms with van der Waals surface area (Å²) in [6, 6.07) is 0.129. The number of hydrogen-bond acceptors (Lipinski definition) is 4. The number of carbonyl (C=O) groups excluding carboxylic acids is 1. The van der Waals surface area contributed by atoms with Gasteiger partial charge in [-0.15, -0.1) is 0 Å². The van der Waals surface area contributed by atoms with Crippen LogP contribution >= 0.6 is 0 Å².